The molecule has 0 aromatic rings. The van der Waals surface area contributed by atoms with Crippen LogP contribution in [0.5, 0.6) is 0 Å². The highest BCUT2D eigenvalue weighted by Crippen LogP contribution is 2.27. The van der Waals surface area contributed by atoms with E-state index in [1.165, 1.54) is 57.8 Å². The average molecular weight is 225 g/mol. The van der Waals surface area contributed by atoms with Gasteiger partial charge in [0.25, 0.3) is 0 Å². The summed E-state index contributed by atoms with van der Waals surface area (Å²) in [7, 11) is 0. The van der Waals surface area contributed by atoms with Crippen molar-refractivity contribution in [3.63, 3.8) is 0 Å². The lowest BCUT2D eigenvalue weighted by atomic mass is 9.82. The molecule has 0 aliphatic heterocycles. The molecular weight excluding hydrogens is 194 g/mol. The molecule has 16 heavy (non-hydrogen) atoms. The normalized spacial score (nSPS) is 26.2. The first kappa shape index (κ1) is 14.0. The Morgan fingerprint density at radius 2 is 1.62 bits per heavy atom. The van der Waals surface area contributed by atoms with Crippen LogP contribution in [0, 0.1) is 5.92 Å². The van der Waals surface area contributed by atoms with E-state index in [1.54, 1.807) is 0 Å². The highest BCUT2D eigenvalue weighted by atomic mass is 15.0. The Morgan fingerprint density at radius 3 is 2.19 bits per heavy atom. The van der Waals surface area contributed by atoms with Gasteiger partial charge >= 0.3 is 0 Å². The van der Waals surface area contributed by atoms with Crippen LogP contribution in [0.15, 0.2) is 0 Å². The summed E-state index contributed by atoms with van der Waals surface area (Å²) in [6.45, 7) is 6.98. The van der Waals surface area contributed by atoms with Gasteiger partial charge in [-0.3, -0.25) is 0 Å². The zero-order valence-corrected chi connectivity index (χ0v) is 11.6. The van der Waals surface area contributed by atoms with E-state index in [9.17, 15) is 0 Å². The van der Waals surface area contributed by atoms with Gasteiger partial charge in [-0.05, 0) is 31.6 Å². The summed E-state index contributed by atoms with van der Waals surface area (Å²) >= 11 is 0. The van der Waals surface area contributed by atoms with Crippen LogP contribution in [-0.2, 0) is 0 Å². The van der Waals surface area contributed by atoms with E-state index in [0.29, 0.717) is 0 Å². The monoisotopic (exact) mass is 225 g/mol. The summed E-state index contributed by atoms with van der Waals surface area (Å²) in [5.41, 5.74) is 0. The molecule has 1 fully saturated rings. The second-order valence-corrected chi connectivity index (χ2v) is 5.50. The lowest BCUT2D eigenvalue weighted by molar-refractivity contribution is 0.227. The smallest absolute Gasteiger partial charge is 0.00978 e. The molecule has 2 atom stereocenters. The van der Waals surface area contributed by atoms with Gasteiger partial charge in [0.2, 0.25) is 0 Å². The van der Waals surface area contributed by atoms with Crippen molar-refractivity contribution < 1.29 is 0 Å². The Bertz CT molecular complexity index is 161. The molecule has 1 rings (SSSR count). The molecular formula is C15H31N. The van der Waals surface area contributed by atoms with Gasteiger partial charge in [0.05, 0.1) is 0 Å². The lowest BCUT2D eigenvalue weighted by Gasteiger charge is -2.35. The third-order valence-corrected chi connectivity index (χ3v) is 4.16. The molecule has 0 saturated heterocycles. The van der Waals surface area contributed by atoms with Gasteiger partial charge in [0.15, 0.2) is 0 Å². The third-order valence-electron chi connectivity index (χ3n) is 4.16. The number of rotatable bonds is 7. The van der Waals surface area contributed by atoms with Gasteiger partial charge in [0, 0.05) is 12.1 Å². The molecule has 1 nitrogen and oxygen atoms in total. The average Bonchev–Trinajstić information content (AvgIpc) is 2.30. The molecule has 0 aromatic heterocycles. The largest absolute Gasteiger partial charge is 0.311 e. The minimum Gasteiger partial charge on any atom is -0.311 e. The Hall–Kier alpha value is -0.0400. The maximum atomic E-state index is 3.96. The van der Waals surface area contributed by atoms with Crippen molar-refractivity contribution in [2.45, 2.75) is 90.6 Å². The van der Waals surface area contributed by atoms with Crippen molar-refractivity contribution in [2.24, 2.45) is 5.92 Å². The fourth-order valence-corrected chi connectivity index (χ4v) is 3.23. The van der Waals surface area contributed by atoms with Crippen molar-refractivity contribution >= 4 is 0 Å². The first-order valence-electron chi connectivity index (χ1n) is 7.57. The number of hydrogen-bond donors (Lipinski definition) is 1. The molecule has 1 aliphatic rings. The van der Waals surface area contributed by atoms with Crippen molar-refractivity contribution in [2.75, 3.05) is 0 Å². The number of nitrogens with one attached hydrogen (secondary N) is 1. The maximum Gasteiger partial charge on any atom is 0.00978 e. The Labute approximate surface area is 102 Å². The fraction of sp³-hybridized carbons (Fsp3) is 1.00. The molecule has 1 heteroatoms. The van der Waals surface area contributed by atoms with E-state index in [0.717, 1.165) is 18.0 Å². The summed E-state index contributed by atoms with van der Waals surface area (Å²) < 4.78 is 0. The minimum atomic E-state index is 0.784. The van der Waals surface area contributed by atoms with Gasteiger partial charge in [-0.1, -0.05) is 52.9 Å². The predicted octanol–water partition coefficient (Wildman–Crippen LogP) is 4.51. The van der Waals surface area contributed by atoms with E-state index in [-0.39, 0.29) is 0 Å². The maximum absolute atomic E-state index is 3.96. The van der Waals surface area contributed by atoms with Crippen LogP contribution < -0.4 is 5.32 Å². The van der Waals surface area contributed by atoms with Gasteiger partial charge in [-0.2, -0.15) is 0 Å². The Balaban J connectivity index is 2.40. The SMILES string of the molecule is CCCC(CCC)NC1CCCCC1CC. The van der Waals surface area contributed by atoms with Crippen molar-refractivity contribution in [1.82, 2.24) is 5.32 Å². The highest BCUT2D eigenvalue weighted by Gasteiger charge is 2.25. The van der Waals surface area contributed by atoms with Crippen LogP contribution in [-0.4, -0.2) is 12.1 Å². The van der Waals surface area contributed by atoms with Crippen LogP contribution in [0.25, 0.3) is 0 Å². The quantitative estimate of drug-likeness (QED) is 0.672. The van der Waals surface area contributed by atoms with Gasteiger partial charge in [0.1, 0.15) is 0 Å². The Morgan fingerprint density at radius 1 is 1.00 bits per heavy atom. The summed E-state index contributed by atoms with van der Waals surface area (Å²) in [5, 5.41) is 3.96. The topological polar surface area (TPSA) is 12.0 Å². The molecule has 0 spiro atoms. The summed E-state index contributed by atoms with van der Waals surface area (Å²) in [6.07, 6.45) is 12.5. The molecule has 96 valence electrons. The highest BCUT2D eigenvalue weighted by molar-refractivity contribution is 4.83. The summed E-state index contributed by atoms with van der Waals surface area (Å²) in [6, 6.07) is 1.61. The number of hydrogen-bond acceptors (Lipinski definition) is 1. The van der Waals surface area contributed by atoms with E-state index in [2.05, 4.69) is 26.1 Å². The van der Waals surface area contributed by atoms with Crippen LogP contribution >= 0.6 is 0 Å². The molecule has 0 radical (unpaired) electrons. The second-order valence-electron chi connectivity index (χ2n) is 5.50. The van der Waals surface area contributed by atoms with Gasteiger partial charge in [-0.25, -0.2) is 0 Å². The van der Waals surface area contributed by atoms with Crippen LogP contribution in [0.2, 0.25) is 0 Å². The fourth-order valence-electron chi connectivity index (χ4n) is 3.23. The summed E-state index contributed by atoms with van der Waals surface area (Å²) in [5.74, 6) is 0.949. The molecule has 1 aliphatic carbocycles. The lowest BCUT2D eigenvalue weighted by Crippen LogP contribution is -2.44. The van der Waals surface area contributed by atoms with Crippen molar-refractivity contribution in [3.8, 4) is 0 Å². The molecule has 0 bridgehead atoms. The van der Waals surface area contributed by atoms with Gasteiger partial charge in [-0.15, -0.1) is 0 Å². The summed E-state index contributed by atoms with van der Waals surface area (Å²) in [4.78, 5) is 0. The van der Waals surface area contributed by atoms with E-state index < -0.39 is 0 Å². The van der Waals surface area contributed by atoms with E-state index >= 15 is 0 Å². The molecule has 0 aromatic carbocycles. The molecule has 1 N–H and O–H groups in total. The molecule has 0 amide bonds. The zero-order chi connectivity index (χ0) is 11.8. The molecule has 1 saturated carbocycles. The van der Waals surface area contributed by atoms with E-state index in [1.807, 2.05) is 0 Å². The van der Waals surface area contributed by atoms with E-state index in [4.69, 9.17) is 0 Å². The minimum absolute atomic E-state index is 0.784. The van der Waals surface area contributed by atoms with Crippen molar-refractivity contribution in [1.29, 1.82) is 0 Å². The van der Waals surface area contributed by atoms with Crippen molar-refractivity contribution in [3.05, 3.63) is 0 Å². The molecule has 2 unspecified atom stereocenters. The third kappa shape index (κ3) is 4.45. The Kier molecular flexibility index (Phi) is 7.11. The first-order valence-corrected chi connectivity index (χ1v) is 7.57. The van der Waals surface area contributed by atoms with Crippen LogP contribution in [0.4, 0.5) is 0 Å². The zero-order valence-electron chi connectivity index (χ0n) is 11.6. The molecule has 0 heterocycles. The van der Waals surface area contributed by atoms with Crippen LogP contribution in [0.1, 0.15) is 78.6 Å². The van der Waals surface area contributed by atoms with Crippen LogP contribution in [0.3, 0.4) is 0 Å². The second kappa shape index (κ2) is 8.11. The van der Waals surface area contributed by atoms with Gasteiger partial charge < -0.3 is 5.32 Å². The first-order chi connectivity index (χ1) is 7.81. The standard InChI is InChI=1S/C15H31N/c1-4-9-14(10-5-2)16-15-12-8-7-11-13(15)6-3/h13-16H,4-12H2,1-3H3. The predicted molar refractivity (Wildman–Crippen MR) is 72.8 cm³/mol.